The highest BCUT2D eigenvalue weighted by molar-refractivity contribution is 5.05. The van der Waals surface area contributed by atoms with Crippen LogP contribution in [0, 0.1) is 23.2 Å². The number of hydrogen-bond donors (Lipinski definition) is 1. The highest BCUT2D eigenvalue weighted by Gasteiger charge is 2.53. The normalized spacial score (nSPS) is 41.6. The molecule has 0 saturated heterocycles. The lowest BCUT2D eigenvalue weighted by Gasteiger charge is -2.59. The molecular weight excluding hydrogens is 238 g/mol. The van der Waals surface area contributed by atoms with Crippen LogP contribution in [-0.4, -0.2) is 16.2 Å². The van der Waals surface area contributed by atoms with Gasteiger partial charge in [0, 0.05) is 12.5 Å². The maximum atomic E-state index is 6.60. The molecule has 104 valence electrons. The van der Waals surface area contributed by atoms with Crippen LogP contribution in [0.4, 0.5) is 0 Å². The Morgan fingerprint density at radius 1 is 1.21 bits per heavy atom. The van der Waals surface area contributed by atoms with Gasteiger partial charge in [-0.05, 0) is 68.1 Å². The van der Waals surface area contributed by atoms with Crippen molar-refractivity contribution in [1.82, 2.24) is 10.1 Å². The Kier molecular flexibility index (Phi) is 2.69. The Hall–Kier alpha value is -0.900. The molecule has 0 amide bonds. The smallest absolute Gasteiger partial charge is 0.226 e. The summed E-state index contributed by atoms with van der Waals surface area (Å²) in [6.45, 7) is 0. The van der Waals surface area contributed by atoms with Gasteiger partial charge in [-0.25, -0.2) is 0 Å². The molecule has 4 nitrogen and oxygen atoms in total. The van der Waals surface area contributed by atoms with Crippen molar-refractivity contribution in [1.29, 1.82) is 0 Å². The molecule has 1 unspecified atom stereocenters. The number of nitrogens with two attached hydrogens (primary N) is 1. The van der Waals surface area contributed by atoms with Crippen molar-refractivity contribution in [2.24, 2.45) is 28.9 Å². The van der Waals surface area contributed by atoms with Gasteiger partial charge >= 0.3 is 0 Å². The van der Waals surface area contributed by atoms with Crippen molar-refractivity contribution in [3.63, 3.8) is 0 Å². The minimum Gasteiger partial charge on any atom is -0.340 e. The first kappa shape index (κ1) is 11.9. The molecule has 0 aliphatic heterocycles. The van der Waals surface area contributed by atoms with E-state index < -0.39 is 0 Å². The van der Waals surface area contributed by atoms with Crippen LogP contribution in [0.5, 0.6) is 0 Å². The average Bonchev–Trinajstić information content (AvgIpc) is 2.87. The number of rotatable bonds is 4. The molecule has 4 saturated carbocycles. The summed E-state index contributed by atoms with van der Waals surface area (Å²) in [5.41, 5.74) is 7.04. The van der Waals surface area contributed by atoms with Crippen molar-refractivity contribution >= 4 is 0 Å². The molecule has 2 N–H and O–H groups in total. The van der Waals surface area contributed by atoms with Gasteiger partial charge in [0.15, 0.2) is 6.33 Å². The van der Waals surface area contributed by atoms with E-state index in [1.807, 2.05) is 0 Å². The van der Waals surface area contributed by atoms with Gasteiger partial charge in [0.2, 0.25) is 5.89 Å². The van der Waals surface area contributed by atoms with Crippen molar-refractivity contribution in [2.75, 3.05) is 0 Å². The van der Waals surface area contributed by atoms with Crippen LogP contribution in [0.25, 0.3) is 0 Å². The van der Waals surface area contributed by atoms with E-state index in [9.17, 15) is 0 Å². The molecule has 0 aromatic carbocycles. The SMILES string of the molecule is NC(CCc1ncno1)C12CC3CC(CC(C3)C1)C2. The molecular formula is C15H23N3O. The van der Waals surface area contributed by atoms with E-state index in [1.165, 1.54) is 44.9 Å². The van der Waals surface area contributed by atoms with Gasteiger partial charge < -0.3 is 10.3 Å². The van der Waals surface area contributed by atoms with Crippen LogP contribution in [0.1, 0.15) is 50.8 Å². The molecule has 0 spiro atoms. The summed E-state index contributed by atoms with van der Waals surface area (Å²) in [6.07, 6.45) is 11.9. The second kappa shape index (κ2) is 4.30. The van der Waals surface area contributed by atoms with Crippen LogP contribution in [0.3, 0.4) is 0 Å². The summed E-state index contributed by atoms with van der Waals surface area (Å²) >= 11 is 0. The van der Waals surface area contributed by atoms with Gasteiger partial charge in [-0.3, -0.25) is 0 Å². The van der Waals surface area contributed by atoms with Crippen LogP contribution in [0.15, 0.2) is 10.9 Å². The zero-order valence-electron chi connectivity index (χ0n) is 11.4. The Morgan fingerprint density at radius 2 is 1.84 bits per heavy atom. The molecule has 4 aliphatic carbocycles. The minimum absolute atomic E-state index is 0.313. The topological polar surface area (TPSA) is 64.9 Å². The summed E-state index contributed by atoms with van der Waals surface area (Å²) in [7, 11) is 0. The highest BCUT2D eigenvalue weighted by atomic mass is 16.5. The number of hydrogen-bond acceptors (Lipinski definition) is 4. The highest BCUT2D eigenvalue weighted by Crippen LogP contribution is 2.61. The fraction of sp³-hybridized carbons (Fsp3) is 0.867. The van der Waals surface area contributed by atoms with Crippen molar-refractivity contribution in [3.05, 3.63) is 12.2 Å². The fourth-order valence-electron chi connectivity index (χ4n) is 5.52. The molecule has 1 aromatic heterocycles. The standard InChI is InChI=1S/C15H23N3O/c16-13(1-2-14-17-9-18-19-14)15-6-10-3-11(7-15)5-12(4-10)8-15/h9-13H,1-8,16H2. The van der Waals surface area contributed by atoms with Crippen molar-refractivity contribution in [2.45, 2.75) is 57.4 Å². The summed E-state index contributed by atoms with van der Waals surface area (Å²) in [4.78, 5) is 4.10. The van der Waals surface area contributed by atoms with Gasteiger partial charge in [-0.2, -0.15) is 4.98 Å². The Balaban J connectivity index is 1.45. The monoisotopic (exact) mass is 261 g/mol. The van der Waals surface area contributed by atoms with Gasteiger partial charge in [-0.15, -0.1) is 0 Å². The van der Waals surface area contributed by atoms with E-state index in [4.69, 9.17) is 10.3 Å². The second-order valence-electron chi connectivity index (χ2n) is 7.26. The molecule has 4 fully saturated rings. The van der Waals surface area contributed by atoms with E-state index in [0.29, 0.717) is 11.5 Å². The zero-order chi connectivity index (χ0) is 12.9. The van der Waals surface area contributed by atoms with Crippen molar-refractivity contribution in [3.8, 4) is 0 Å². The lowest BCUT2D eigenvalue weighted by atomic mass is 9.47. The molecule has 4 bridgehead atoms. The van der Waals surface area contributed by atoms with E-state index in [0.717, 1.165) is 36.5 Å². The van der Waals surface area contributed by atoms with E-state index in [1.54, 1.807) is 0 Å². The molecule has 1 heterocycles. The van der Waals surface area contributed by atoms with E-state index >= 15 is 0 Å². The minimum atomic E-state index is 0.313. The maximum absolute atomic E-state index is 6.60. The predicted octanol–water partition coefficient (Wildman–Crippen LogP) is 2.55. The number of aryl methyl sites for hydroxylation is 1. The van der Waals surface area contributed by atoms with Gasteiger partial charge in [-0.1, -0.05) is 5.16 Å². The molecule has 1 aromatic rings. The van der Waals surface area contributed by atoms with Crippen LogP contribution in [-0.2, 0) is 6.42 Å². The predicted molar refractivity (Wildman–Crippen MR) is 71.2 cm³/mol. The first-order valence-electron chi connectivity index (χ1n) is 7.75. The lowest BCUT2D eigenvalue weighted by Crippen LogP contribution is -2.54. The Labute approximate surface area is 114 Å². The Bertz CT molecular complexity index is 407. The first-order chi connectivity index (χ1) is 9.23. The molecule has 19 heavy (non-hydrogen) atoms. The molecule has 1 atom stereocenters. The summed E-state index contributed by atoms with van der Waals surface area (Å²) in [6, 6.07) is 0.313. The largest absolute Gasteiger partial charge is 0.340 e. The summed E-state index contributed by atoms with van der Waals surface area (Å²) in [5.74, 6) is 3.65. The number of nitrogens with zero attached hydrogens (tertiary/aromatic N) is 2. The second-order valence-corrected chi connectivity index (χ2v) is 7.26. The fourth-order valence-corrected chi connectivity index (χ4v) is 5.52. The Morgan fingerprint density at radius 3 is 2.37 bits per heavy atom. The van der Waals surface area contributed by atoms with Crippen LogP contribution >= 0.6 is 0 Å². The third kappa shape index (κ3) is 2.00. The van der Waals surface area contributed by atoms with Gasteiger partial charge in [0.25, 0.3) is 0 Å². The molecule has 0 radical (unpaired) electrons. The number of aromatic nitrogens is 2. The molecule has 4 aliphatic rings. The van der Waals surface area contributed by atoms with Crippen molar-refractivity contribution < 1.29 is 4.52 Å². The average molecular weight is 261 g/mol. The maximum Gasteiger partial charge on any atom is 0.226 e. The lowest BCUT2D eigenvalue weighted by molar-refractivity contribution is -0.0682. The van der Waals surface area contributed by atoms with E-state index in [-0.39, 0.29) is 0 Å². The first-order valence-corrected chi connectivity index (χ1v) is 7.75. The molecule has 4 heteroatoms. The van der Waals surface area contributed by atoms with Crippen LogP contribution < -0.4 is 5.73 Å². The van der Waals surface area contributed by atoms with E-state index in [2.05, 4.69) is 10.1 Å². The molecule has 5 rings (SSSR count). The van der Waals surface area contributed by atoms with Gasteiger partial charge in [0.05, 0.1) is 0 Å². The van der Waals surface area contributed by atoms with Gasteiger partial charge in [0.1, 0.15) is 0 Å². The summed E-state index contributed by atoms with van der Waals surface area (Å²) < 4.78 is 5.09. The summed E-state index contributed by atoms with van der Waals surface area (Å²) in [5, 5.41) is 3.67. The third-order valence-corrected chi connectivity index (χ3v) is 5.95. The zero-order valence-corrected chi connectivity index (χ0v) is 11.4. The third-order valence-electron chi connectivity index (χ3n) is 5.95. The quantitative estimate of drug-likeness (QED) is 0.904. The van der Waals surface area contributed by atoms with Crippen LogP contribution in [0.2, 0.25) is 0 Å².